The first-order valence-electron chi connectivity index (χ1n) is 9.78. The molecule has 1 aromatic heterocycles. The second kappa shape index (κ2) is 10.0. The van der Waals surface area contributed by atoms with Crippen LogP contribution in [0.4, 0.5) is 0 Å². The van der Waals surface area contributed by atoms with Gasteiger partial charge in [-0.3, -0.25) is 0 Å². The number of hydrogen-bond donors (Lipinski definition) is 2. The fourth-order valence-corrected chi connectivity index (χ4v) is 3.90. The lowest BCUT2D eigenvalue weighted by molar-refractivity contribution is -0.134. The molecule has 160 valence electrons. The van der Waals surface area contributed by atoms with Crippen LogP contribution in [0.2, 0.25) is 0 Å². The molecular weight excluding hydrogens is 390 g/mol. The molecule has 0 saturated carbocycles. The second-order valence-electron chi connectivity index (χ2n) is 7.36. The Morgan fingerprint density at radius 2 is 1.93 bits per heavy atom. The normalized spacial score (nSPS) is 22.4. The lowest BCUT2D eigenvalue weighted by atomic mass is 9.77. The molecule has 0 amide bonds. The zero-order valence-electron chi connectivity index (χ0n) is 16.7. The molecule has 3 aliphatic heterocycles. The maximum atomic E-state index is 9.55. The van der Waals surface area contributed by atoms with E-state index in [2.05, 4.69) is 15.0 Å². The highest BCUT2D eigenvalue weighted by Crippen LogP contribution is 2.34. The first-order valence-corrected chi connectivity index (χ1v) is 9.78. The van der Waals surface area contributed by atoms with E-state index in [0.29, 0.717) is 23.9 Å². The van der Waals surface area contributed by atoms with Crippen molar-refractivity contribution in [2.75, 3.05) is 26.7 Å². The van der Waals surface area contributed by atoms with Crippen LogP contribution in [0.1, 0.15) is 18.7 Å². The van der Waals surface area contributed by atoms with Crippen molar-refractivity contribution in [1.82, 2.24) is 15.0 Å². The van der Waals surface area contributed by atoms with Gasteiger partial charge in [-0.05, 0) is 49.9 Å². The Morgan fingerprint density at radius 1 is 1.23 bits per heavy atom. The van der Waals surface area contributed by atoms with Gasteiger partial charge < -0.3 is 24.4 Å². The molecule has 2 bridgehead atoms. The van der Waals surface area contributed by atoms with Crippen molar-refractivity contribution in [3.8, 4) is 17.1 Å². The minimum Gasteiger partial charge on any atom is -0.497 e. The molecule has 2 aromatic rings. The van der Waals surface area contributed by atoms with Crippen LogP contribution in [0, 0.1) is 11.8 Å². The van der Waals surface area contributed by atoms with Crippen LogP contribution in [0.3, 0.4) is 0 Å². The van der Waals surface area contributed by atoms with Crippen LogP contribution in [0.25, 0.3) is 11.4 Å². The summed E-state index contributed by atoms with van der Waals surface area (Å²) in [6.45, 7) is 3.71. The lowest BCUT2D eigenvalue weighted by Gasteiger charge is -2.44. The van der Waals surface area contributed by atoms with Gasteiger partial charge in [0.2, 0.25) is 11.7 Å². The summed E-state index contributed by atoms with van der Waals surface area (Å²) in [5.74, 6) is 1.20. The average molecular weight is 415 g/mol. The molecule has 9 heteroatoms. The molecule has 1 unspecified atom stereocenters. The van der Waals surface area contributed by atoms with Gasteiger partial charge in [0.15, 0.2) is 0 Å². The molecule has 0 aliphatic carbocycles. The smallest absolute Gasteiger partial charge is 0.328 e. The number of rotatable bonds is 6. The lowest BCUT2D eigenvalue weighted by Crippen LogP contribution is -2.48. The number of benzene rings is 1. The fourth-order valence-electron chi connectivity index (χ4n) is 3.90. The summed E-state index contributed by atoms with van der Waals surface area (Å²) < 4.78 is 10.7. The number of hydrogen-bond acceptors (Lipinski definition) is 7. The summed E-state index contributed by atoms with van der Waals surface area (Å²) in [5, 5.41) is 19.8. The van der Waals surface area contributed by atoms with Crippen LogP contribution >= 0.6 is 0 Å². The molecule has 1 atom stereocenters. The van der Waals surface area contributed by atoms with Crippen molar-refractivity contribution >= 4 is 11.9 Å². The Bertz CT molecular complexity index is 886. The number of carboxylic acids is 2. The van der Waals surface area contributed by atoms with Gasteiger partial charge in [0.25, 0.3) is 0 Å². The van der Waals surface area contributed by atoms with E-state index < -0.39 is 11.9 Å². The van der Waals surface area contributed by atoms with Gasteiger partial charge in [-0.15, -0.1) is 0 Å². The molecule has 9 nitrogen and oxygen atoms in total. The van der Waals surface area contributed by atoms with Crippen molar-refractivity contribution < 1.29 is 29.1 Å². The van der Waals surface area contributed by atoms with E-state index in [9.17, 15) is 9.59 Å². The van der Waals surface area contributed by atoms with Crippen molar-refractivity contribution in [1.29, 1.82) is 0 Å². The largest absolute Gasteiger partial charge is 0.497 e. The number of piperidine rings is 3. The van der Waals surface area contributed by atoms with Gasteiger partial charge in [0, 0.05) is 30.7 Å². The minimum atomic E-state index is -1.26. The number of aliphatic carboxylic acids is 2. The van der Waals surface area contributed by atoms with E-state index in [-0.39, 0.29) is 0 Å². The van der Waals surface area contributed by atoms with Gasteiger partial charge in [0.1, 0.15) is 5.75 Å². The molecule has 3 saturated heterocycles. The quantitative estimate of drug-likeness (QED) is 0.684. The maximum Gasteiger partial charge on any atom is 0.328 e. The molecule has 0 spiro atoms. The number of nitrogens with zero attached hydrogens (tertiary/aromatic N) is 3. The summed E-state index contributed by atoms with van der Waals surface area (Å²) in [5.41, 5.74) is 0.934. The van der Waals surface area contributed by atoms with Gasteiger partial charge in [0.05, 0.1) is 7.11 Å². The number of carbonyl (C=O) groups is 2. The predicted molar refractivity (Wildman–Crippen MR) is 107 cm³/mol. The predicted octanol–water partition coefficient (Wildman–Crippen LogP) is 2.34. The maximum absolute atomic E-state index is 9.55. The standard InChI is InChI=1S/C17H21N3O2.C4H4O4/c1-21-15-4-2-3-13(9-15)17-18-16(22-19-17)10-14-11-20-7-5-12(14)6-8-20;5-3(6)1-2-4(7)8/h2-4,9,12,14H,5-8,10-11H2,1H3;1-2H,(H,5,6)(H,7,8)/b;2-1+. The first-order chi connectivity index (χ1) is 14.4. The summed E-state index contributed by atoms with van der Waals surface area (Å²) in [6.07, 6.45) is 4.66. The van der Waals surface area contributed by atoms with Crippen molar-refractivity contribution in [3.63, 3.8) is 0 Å². The van der Waals surface area contributed by atoms with Gasteiger partial charge in [-0.1, -0.05) is 17.3 Å². The Kier molecular flexibility index (Phi) is 7.18. The van der Waals surface area contributed by atoms with E-state index in [0.717, 1.165) is 29.5 Å². The van der Waals surface area contributed by atoms with E-state index in [4.69, 9.17) is 19.5 Å². The van der Waals surface area contributed by atoms with E-state index in [1.54, 1.807) is 7.11 Å². The van der Waals surface area contributed by atoms with E-state index >= 15 is 0 Å². The molecule has 0 radical (unpaired) electrons. The molecule has 1 aromatic carbocycles. The first kappa shape index (κ1) is 21.5. The number of ether oxygens (including phenoxy) is 1. The number of fused-ring (bicyclic) bond motifs is 3. The van der Waals surface area contributed by atoms with Gasteiger partial charge in [-0.25, -0.2) is 9.59 Å². The van der Waals surface area contributed by atoms with Crippen LogP contribution in [0.15, 0.2) is 40.9 Å². The number of carboxylic acid groups (broad SMARTS) is 2. The molecule has 3 fully saturated rings. The Balaban J connectivity index is 0.000000275. The SMILES string of the molecule is COc1cccc(-c2noc(CC3CN4CCC3CC4)n2)c1.O=C(O)/C=C/C(=O)O. The highest BCUT2D eigenvalue weighted by atomic mass is 16.5. The van der Waals surface area contributed by atoms with Crippen LogP contribution < -0.4 is 4.74 Å². The Morgan fingerprint density at radius 3 is 2.50 bits per heavy atom. The summed E-state index contributed by atoms with van der Waals surface area (Å²) in [4.78, 5) is 26.2. The van der Waals surface area contributed by atoms with Gasteiger partial charge >= 0.3 is 11.9 Å². The van der Waals surface area contributed by atoms with Crippen LogP contribution in [0.5, 0.6) is 5.75 Å². The number of methoxy groups -OCH3 is 1. The fraction of sp³-hybridized carbons (Fsp3) is 0.429. The third kappa shape index (κ3) is 5.90. The molecule has 5 rings (SSSR count). The second-order valence-corrected chi connectivity index (χ2v) is 7.36. The summed E-state index contributed by atoms with van der Waals surface area (Å²) in [7, 11) is 1.66. The molecule has 30 heavy (non-hydrogen) atoms. The molecular formula is C21H25N3O6. The molecule has 2 N–H and O–H groups in total. The highest BCUT2D eigenvalue weighted by molar-refractivity contribution is 5.89. The van der Waals surface area contributed by atoms with Crippen molar-refractivity contribution in [3.05, 3.63) is 42.3 Å². The summed E-state index contributed by atoms with van der Waals surface area (Å²) in [6, 6.07) is 7.77. The Hall–Kier alpha value is -3.20. The van der Waals surface area contributed by atoms with Crippen molar-refractivity contribution in [2.45, 2.75) is 19.3 Å². The zero-order valence-corrected chi connectivity index (χ0v) is 16.7. The molecule has 3 aliphatic rings. The van der Waals surface area contributed by atoms with Crippen LogP contribution in [-0.4, -0.2) is 63.9 Å². The summed E-state index contributed by atoms with van der Waals surface area (Å²) >= 11 is 0. The third-order valence-corrected chi connectivity index (χ3v) is 5.39. The highest BCUT2D eigenvalue weighted by Gasteiger charge is 2.35. The Labute approximate surface area is 174 Å². The minimum absolute atomic E-state index is 0.558. The van der Waals surface area contributed by atoms with Gasteiger partial charge in [-0.2, -0.15) is 4.98 Å². The van der Waals surface area contributed by atoms with Crippen LogP contribution in [-0.2, 0) is 16.0 Å². The zero-order chi connectivity index (χ0) is 21.5. The van der Waals surface area contributed by atoms with Crippen molar-refractivity contribution in [2.24, 2.45) is 11.8 Å². The van der Waals surface area contributed by atoms with E-state index in [1.165, 1.54) is 32.5 Å². The number of aromatic nitrogens is 2. The monoisotopic (exact) mass is 415 g/mol. The average Bonchev–Trinajstić information content (AvgIpc) is 3.22. The topological polar surface area (TPSA) is 126 Å². The third-order valence-electron chi connectivity index (χ3n) is 5.39. The van der Waals surface area contributed by atoms with E-state index in [1.807, 2.05) is 24.3 Å². The molecule has 4 heterocycles.